The van der Waals surface area contributed by atoms with Crippen LogP contribution in [0, 0.1) is 0 Å². The summed E-state index contributed by atoms with van der Waals surface area (Å²) in [6, 6.07) is 7.62. The molecular weight excluding hydrogens is 252 g/mol. The van der Waals surface area contributed by atoms with Gasteiger partial charge >= 0.3 is 0 Å². The Balaban J connectivity index is 1.89. The predicted octanol–water partition coefficient (Wildman–Crippen LogP) is 1.28. The Kier molecular flexibility index (Phi) is 4.90. The molecule has 1 aromatic carbocycles. The van der Waals surface area contributed by atoms with Gasteiger partial charge in [0.1, 0.15) is 0 Å². The molecule has 0 aliphatic carbocycles. The molecule has 1 fully saturated rings. The molecule has 4 heteroatoms. The third kappa shape index (κ3) is 3.90. The van der Waals surface area contributed by atoms with Crippen LogP contribution in [0.2, 0.25) is 0 Å². The summed E-state index contributed by atoms with van der Waals surface area (Å²) in [5.74, 6) is 0.0822. The van der Waals surface area contributed by atoms with Crippen LogP contribution in [0.25, 0.3) is 0 Å². The molecule has 4 nitrogen and oxygen atoms in total. The van der Waals surface area contributed by atoms with Crippen molar-refractivity contribution in [3.8, 4) is 0 Å². The first-order valence-corrected chi connectivity index (χ1v) is 7.31. The summed E-state index contributed by atoms with van der Waals surface area (Å²) in [5, 5.41) is 2.90. The van der Waals surface area contributed by atoms with Gasteiger partial charge in [0.05, 0.1) is 12.6 Å². The highest BCUT2D eigenvalue weighted by atomic mass is 16.2. The zero-order valence-corrected chi connectivity index (χ0v) is 12.2. The minimum absolute atomic E-state index is 0.0365. The topological polar surface area (TPSA) is 50.6 Å². The number of ketones is 1. The van der Waals surface area contributed by atoms with Crippen LogP contribution in [0.4, 0.5) is 5.69 Å². The van der Waals surface area contributed by atoms with Gasteiger partial charge in [0, 0.05) is 11.3 Å². The Hall–Kier alpha value is -1.68. The van der Waals surface area contributed by atoms with Gasteiger partial charge in [-0.25, -0.2) is 0 Å². The van der Waals surface area contributed by atoms with Gasteiger partial charge in [0.25, 0.3) is 5.91 Å². The Bertz CT molecular complexity index is 482. The molecule has 0 spiro atoms. The van der Waals surface area contributed by atoms with Crippen LogP contribution in [0.15, 0.2) is 24.3 Å². The highest BCUT2D eigenvalue weighted by Gasteiger charge is 2.24. The van der Waals surface area contributed by atoms with E-state index in [9.17, 15) is 9.59 Å². The molecule has 1 heterocycles. The van der Waals surface area contributed by atoms with Crippen LogP contribution < -0.4 is 10.2 Å². The van der Waals surface area contributed by atoms with E-state index in [0.717, 1.165) is 12.2 Å². The molecule has 108 valence electrons. The fourth-order valence-corrected chi connectivity index (χ4v) is 2.72. The summed E-state index contributed by atoms with van der Waals surface area (Å²) >= 11 is 0. The third-order valence-corrected chi connectivity index (χ3v) is 4.04. The van der Waals surface area contributed by atoms with E-state index < -0.39 is 0 Å². The maximum absolute atomic E-state index is 12.0. The molecule has 2 N–H and O–H groups in total. The lowest BCUT2D eigenvalue weighted by Crippen LogP contribution is -3.17. The molecule has 1 aliphatic rings. The molecule has 1 aliphatic heterocycles. The van der Waals surface area contributed by atoms with Gasteiger partial charge in [-0.1, -0.05) is 0 Å². The van der Waals surface area contributed by atoms with Gasteiger partial charge in [-0.15, -0.1) is 0 Å². The highest BCUT2D eigenvalue weighted by Crippen LogP contribution is 2.09. The summed E-state index contributed by atoms with van der Waals surface area (Å²) in [6.07, 6.45) is 3.69. The smallest absolute Gasteiger partial charge is 0.279 e. The molecule has 0 saturated carbocycles. The highest BCUT2D eigenvalue weighted by molar-refractivity contribution is 5.95. The average molecular weight is 275 g/mol. The summed E-state index contributed by atoms with van der Waals surface area (Å²) < 4.78 is 0. The largest absolute Gasteiger partial charge is 0.325 e. The van der Waals surface area contributed by atoms with Crippen molar-refractivity contribution in [3.63, 3.8) is 0 Å². The monoisotopic (exact) mass is 275 g/mol. The van der Waals surface area contributed by atoms with Gasteiger partial charge in [-0.05, 0) is 57.4 Å². The number of benzene rings is 1. The number of Topliss-reactive ketones (excluding diaryl/α,β-unsaturated/α-hetero) is 1. The standard InChI is InChI=1S/C16H22N2O2/c1-12-5-3-4-10-18(12)11-16(20)17-15-8-6-14(7-9-15)13(2)19/h6-9,12H,3-5,10-11H2,1-2H3,(H,17,20)/p+1/t12-/m0/s1. The first kappa shape index (κ1) is 14.7. The molecule has 0 bridgehead atoms. The Labute approximate surface area is 120 Å². The normalized spacial score (nSPS) is 22.3. The fraction of sp³-hybridized carbons (Fsp3) is 0.500. The summed E-state index contributed by atoms with van der Waals surface area (Å²) in [7, 11) is 0. The molecule has 1 unspecified atom stereocenters. The number of hydrogen-bond donors (Lipinski definition) is 2. The molecular formula is C16H23N2O2+. The van der Waals surface area contributed by atoms with Crippen LogP contribution in [0.3, 0.4) is 0 Å². The summed E-state index contributed by atoms with van der Waals surface area (Å²) in [4.78, 5) is 24.6. The molecule has 2 rings (SSSR count). The summed E-state index contributed by atoms with van der Waals surface area (Å²) in [5.41, 5.74) is 1.42. The van der Waals surface area contributed by atoms with Crippen molar-refractivity contribution in [2.45, 2.75) is 39.2 Å². The van der Waals surface area contributed by atoms with Crippen LogP contribution >= 0.6 is 0 Å². The van der Waals surface area contributed by atoms with Crippen LogP contribution in [-0.4, -0.2) is 30.8 Å². The maximum Gasteiger partial charge on any atom is 0.279 e. The SMILES string of the molecule is CC(=O)c1ccc(NC(=O)C[NH+]2CCCC[C@@H]2C)cc1. The lowest BCUT2D eigenvalue weighted by Gasteiger charge is -2.29. The van der Waals surface area contributed by atoms with Gasteiger partial charge in [-0.2, -0.15) is 0 Å². The van der Waals surface area contributed by atoms with Gasteiger partial charge in [0.15, 0.2) is 12.3 Å². The molecule has 1 aromatic rings. The van der Waals surface area contributed by atoms with E-state index in [4.69, 9.17) is 0 Å². The van der Waals surface area contributed by atoms with E-state index in [1.165, 1.54) is 31.1 Å². The molecule has 1 saturated heterocycles. The number of quaternary nitrogens is 1. The van der Waals surface area contributed by atoms with E-state index in [-0.39, 0.29) is 11.7 Å². The minimum atomic E-state index is 0.0365. The Morgan fingerprint density at radius 1 is 1.25 bits per heavy atom. The van der Waals surface area contributed by atoms with Crippen molar-refractivity contribution in [2.24, 2.45) is 0 Å². The minimum Gasteiger partial charge on any atom is -0.325 e. The number of hydrogen-bond acceptors (Lipinski definition) is 2. The number of likely N-dealkylation sites (tertiary alicyclic amines) is 1. The number of carbonyl (C=O) groups excluding carboxylic acids is 2. The van der Waals surface area contributed by atoms with Crippen molar-refractivity contribution in [1.29, 1.82) is 0 Å². The van der Waals surface area contributed by atoms with Crippen molar-refractivity contribution in [2.75, 3.05) is 18.4 Å². The van der Waals surface area contributed by atoms with E-state index in [2.05, 4.69) is 12.2 Å². The zero-order chi connectivity index (χ0) is 14.5. The van der Waals surface area contributed by atoms with Crippen molar-refractivity contribution in [1.82, 2.24) is 0 Å². The molecule has 2 atom stereocenters. The molecule has 0 aromatic heterocycles. The second-order valence-corrected chi connectivity index (χ2v) is 5.66. The van der Waals surface area contributed by atoms with Gasteiger partial charge < -0.3 is 10.2 Å². The number of anilines is 1. The number of nitrogens with one attached hydrogen (secondary N) is 2. The fourth-order valence-electron chi connectivity index (χ4n) is 2.72. The lowest BCUT2D eigenvalue weighted by atomic mass is 10.0. The lowest BCUT2D eigenvalue weighted by molar-refractivity contribution is -0.920. The quantitative estimate of drug-likeness (QED) is 0.813. The first-order chi connectivity index (χ1) is 9.56. The molecule has 0 radical (unpaired) electrons. The van der Waals surface area contributed by atoms with E-state index in [1.807, 2.05) is 0 Å². The number of carbonyl (C=O) groups is 2. The third-order valence-electron chi connectivity index (χ3n) is 4.04. The van der Waals surface area contributed by atoms with E-state index in [1.54, 1.807) is 24.3 Å². The van der Waals surface area contributed by atoms with Gasteiger partial charge in [0.2, 0.25) is 0 Å². The van der Waals surface area contributed by atoms with Crippen molar-refractivity contribution >= 4 is 17.4 Å². The average Bonchev–Trinajstić information content (AvgIpc) is 2.42. The summed E-state index contributed by atoms with van der Waals surface area (Å²) in [6.45, 7) is 5.35. The van der Waals surface area contributed by atoms with Crippen molar-refractivity contribution < 1.29 is 14.5 Å². The predicted molar refractivity (Wildman–Crippen MR) is 79.1 cm³/mol. The second kappa shape index (κ2) is 6.66. The van der Waals surface area contributed by atoms with Crippen LogP contribution in [0.1, 0.15) is 43.5 Å². The zero-order valence-electron chi connectivity index (χ0n) is 12.2. The first-order valence-electron chi connectivity index (χ1n) is 7.31. The van der Waals surface area contributed by atoms with Crippen LogP contribution in [0.5, 0.6) is 0 Å². The second-order valence-electron chi connectivity index (χ2n) is 5.66. The number of rotatable bonds is 4. The van der Waals surface area contributed by atoms with Gasteiger partial charge in [-0.3, -0.25) is 9.59 Å². The van der Waals surface area contributed by atoms with E-state index in [0.29, 0.717) is 18.2 Å². The Morgan fingerprint density at radius 2 is 1.95 bits per heavy atom. The van der Waals surface area contributed by atoms with Crippen LogP contribution in [-0.2, 0) is 4.79 Å². The molecule has 1 amide bonds. The molecule has 20 heavy (non-hydrogen) atoms. The van der Waals surface area contributed by atoms with E-state index >= 15 is 0 Å². The maximum atomic E-state index is 12.0. The Morgan fingerprint density at radius 3 is 2.55 bits per heavy atom. The number of amides is 1. The number of piperidine rings is 1. The van der Waals surface area contributed by atoms with Crippen molar-refractivity contribution in [3.05, 3.63) is 29.8 Å².